The minimum Gasteiger partial charge on any atom is -0.375 e. The fraction of sp³-hybridized carbons (Fsp3) is 0.500. The third kappa shape index (κ3) is 2.24. The van der Waals surface area contributed by atoms with E-state index in [2.05, 4.69) is 4.99 Å². The van der Waals surface area contributed by atoms with Crippen LogP contribution in [-0.2, 0) is 10.3 Å². The van der Waals surface area contributed by atoms with Gasteiger partial charge in [0.2, 0.25) is 0 Å². The summed E-state index contributed by atoms with van der Waals surface area (Å²) in [4.78, 5) is 15.1. The standard InChI is InChI=1S/C14H15FN2O3S/c1-8-12-6-21-9(2)16-14(12,7-20-8)11-5-10(17(18)19)3-4-13(11)15/h3-5,8,12H,6-7H2,1-2H3/t8-,12-,14-/m1/s1. The Morgan fingerprint density at radius 3 is 3.05 bits per heavy atom. The third-order valence-corrected chi connectivity index (χ3v) is 5.24. The third-order valence-electron chi connectivity index (χ3n) is 4.20. The maximum absolute atomic E-state index is 14.4. The summed E-state index contributed by atoms with van der Waals surface area (Å²) in [6.45, 7) is 4.08. The van der Waals surface area contributed by atoms with Gasteiger partial charge >= 0.3 is 0 Å². The van der Waals surface area contributed by atoms with E-state index in [0.717, 1.165) is 16.9 Å². The quantitative estimate of drug-likeness (QED) is 0.622. The molecule has 0 radical (unpaired) electrons. The number of non-ortho nitro benzene ring substituents is 1. The fourth-order valence-electron chi connectivity index (χ4n) is 3.08. The van der Waals surface area contributed by atoms with Crippen molar-refractivity contribution in [1.82, 2.24) is 0 Å². The molecule has 0 N–H and O–H groups in total. The lowest BCUT2D eigenvalue weighted by Crippen LogP contribution is -2.40. The van der Waals surface area contributed by atoms with Crippen LogP contribution in [-0.4, -0.2) is 28.4 Å². The van der Waals surface area contributed by atoms with E-state index in [-0.39, 0.29) is 29.9 Å². The molecular weight excluding hydrogens is 295 g/mol. The lowest BCUT2D eigenvalue weighted by molar-refractivity contribution is -0.385. The molecule has 0 aromatic heterocycles. The first kappa shape index (κ1) is 14.5. The van der Waals surface area contributed by atoms with Crippen LogP contribution in [0.5, 0.6) is 0 Å². The number of aliphatic imine (C=N–C) groups is 1. The zero-order valence-electron chi connectivity index (χ0n) is 11.7. The highest BCUT2D eigenvalue weighted by atomic mass is 32.2. The molecule has 3 atom stereocenters. The van der Waals surface area contributed by atoms with Crippen LogP contribution >= 0.6 is 11.8 Å². The number of hydrogen-bond donors (Lipinski definition) is 0. The van der Waals surface area contributed by atoms with Gasteiger partial charge in [0.25, 0.3) is 5.69 Å². The second-order valence-corrected chi connectivity index (χ2v) is 6.62. The van der Waals surface area contributed by atoms with E-state index in [1.54, 1.807) is 11.8 Å². The number of rotatable bonds is 2. The van der Waals surface area contributed by atoms with Gasteiger partial charge in [-0.2, -0.15) is 0 Å². The number of nitro benzene ring substituents is 1. The Morgan fingerprint density at radius 1 is 1.57 bits per heavy atom. The van der Waals surface area contributed by atoms with E-state index >= 15 is 0 Å². The normalized spacial score (nSPS) is 31.7. The maximum Gasteiger partial charge on any atom is 0.270 e. The molecule has 0 aliphatic carbocycles. The van der Waals surface area contributed by atoms with E-state index in [4.69, 9.17) is 4.74 Å². The van der Waals surface area contributed by atoms with Crippen molar-refractivity contribution >= 4 is 22.5 Å². The first-order valence-corrected chi connectivity index (χ1v) is 7.68. The van der Waals surface area contributed by atoms with E-state index in [1.807, 2.05) is 13.8 Å². The largest absolute Gasteiger partial charge is 0.375 e. The molecule has 0 spiro atoms. The van der Waals surface area contributed by atoms with Crippen LogP contribution in [0.4, 0.5) is 10.1 Å². The molecule has 1 saturated heterocycles. The molecule has 5 nitrogen and oxygen atoms in total. The molecule has 112 valence electrons. The van der Waals surface area contributed by atoms with Gasteiger partial charge in [0.05, 0.1) is 22.7 Å². The summed E-state index contributed by atoms with van der Waals surface area (Å²) >= 11 is 1.62. The SMILES string of the molecule is CC1=N[C@@]2(c3cc([N+](=O)[O-])ccc3F)CO[C@H](C)[C@H]2CS1. The van der Waals surface area contributed by atoms with Gasteiger partial charge in [-0.15, -0.1) is 11.8 Å². The molecule has 2 heterocycles. The van der Waals surface area contributed by atoms with E-state index in [9.17, 15) is 14.5 Å². The zero-order chi connectivity index (χ0) is 15.2. The Labute approximate surface area is 125 Å². The number of halogens is 1. The monoisotopic (exact) mass is 310 g/mol. The Hall–Kier alpha value is -1.47. The molecule has 3 rings (SSSR count). The average molecular weight is 310 g/mol. The van der Waals surface area contributed by atoms with Gasteiger partial charge in [-0.1, -0.05) is 0 Å². The summed E-state index contributed by atoms with van der Waals surface area (Å²) in [7, 11) is 0. The van der Waals surface area contributed by atoms with Gasteiger partial charge in [-0.25, -0.2) is 4.39 Å². The van der Waals surface area contributed by atoms with Crippen LogP contribution in [0.15, 0.2) is 23.2 Å². The summed E-state index contributed by atoms with van der Waals surface area (Å²) in [5.74, 6) is 0.327. The lowest BCUT2D eigenvalue weighted by Gasteiger charge is -2.35. The molecule has 2 aliphatic rings. The molecular formula is C14H15FN2O3S. The zero-order valence-corrected chi connectivity index (χ0v) is 12.5. The smallest absolute Gasteiger partial charge is 0.270 e. The summed E-state index contributed by atoms with van der Waals surface area (Å²) in [5.41, 5.74) is -0.693. The molecule has 1 fully saturated rings. The van der Waals surface area contributed by atoms with Crippen LogP contribution in [0.2, 0.25) is 0 Å². The summed E-state index contributed by atoms with van der Waals surface area (Å²) in [6, 6.07) is 3.63. The van der Waals surface area contributed by atoms with Crippen molar-refractivity contribution in [1.29, 1.82) is 0 Å². The fourth-order valence-corrected chi connectivity index (χ4v) is 4.27. The molecule has 0 saturated carbocycles. The van der Waals surface area contributed by atoms with E-state index in [0.29, 0.717) is 0 Å². The number of benzene rings is 1. The van der Waals surface area contributed by atoms with E-state index in [1.165, 1.54) is 12.1 Å². The highest BCUT2D eigenvalue weighted by molar-refractivity contribution is 8.13. The number of ether oxygens (including phenoxy) is 1. The molecule has 21 heavy (non-hydrogen) atoms. The molecule has 2 aliphatic heterocycles. The van der Waals surface area contributed by atoms with Crippen molar-refractivity contribution in [2.45, 2.75) is 25.5 Å². The van der Waals surface area contributed by atoms with Crippen LogP contribution in [0.3, 0.4) is 0 Å². The number of nitro groups is 1. The highest BCUT2D eigenvalue weighted by Gasteiger charge is 2.52. The van der Waals surface area contributed by atoms with Crippen LogP contribution in [0.25, 0.3) is 0 Å². The molecule has 7 heteroatoms. The van der Waals surface area contributed by atoms with Crippen LogP contribution in [0.1, 0.15) is 19.4 Å². The molecule has 0 amide bonds. The van der Waals surface area contributed by atoms with Gasteiger partial charge in [-0.3, -0.25) is 15.1 Å². The summed E-state index contributed by atoms with van der Waals surface area (Å²) < 4.78 is 20.1. The van der Waals surface area contributed by atoms with Gasteiger partial charge < -0.3 is 4.74 Å². The van der Waals surface area contributed by atoms with Crippen molar-refractivity contribution in [2.75, 3.05) is 12.4 Å². The Kier molecular flexibility index (Phi) is 3.49. The highest BCUT2D eigenvalue weighted by Crippen LogP contribution is 2.48. The van der Waals surface area contributed by atoms with Gasteiger partial charge in [0.15, 0.2) is 0 Å². The van der Waals surface area contributed by atoms with Crippen molar-refractivity contribution in [3.8, 4) is 0 Å². The Balaban J connectivity index is 2.18. The minimum absolute atomic E-state index is 0.0164. The van der Waals surface area contributed by atoms with Gasteiger partial charge in [0.1, 0.15) is 11.4 Å². The first-order chi connectivity index (χ1) is 9.94. The van der Waals surface area contributed by atoms with Crippen molar-refractivity contribution in [2.24, 2.45) is 10.9 Å². The number of hydrogen-bond acceptors (Lipinski definition) is 5. The summed E-state index contributed by atoms with van der Waals surface area (Å²) in [6.07, 6.45) is -0.0481. The van der Waals surface area contributed by atoms with Gasteiger partial charge in [-0.05, 0) is 19.9 Å². The molecule has 0 unspecified atom stereocenters. The molecule has 0 bridgehead atoms. The number of nitrogens with zero attached hydrogens (tertiary/aromatic N) is 2. The second-order valence-electron chi connectivity index (χ2n) is 5.41. The van der Waals surface area contributed by atoms with Crippen LogP contribution < -0.4 is 0 Å². The predicted octanol–water partition coefficient (Wildman–Crippen LogP) is 3.13. The minimum atomic E-state index is -0.842. The van der Waals surface area contributed by atoms with Gasteiger partial charge in [0, 0.05) is 29.4 Å². The average Bonchev–Trinajstić information content (AvgIpc) is 2.76. The molecule has 1 aromatic rings. The Bertz CT molecular complexity index is 637. The summed E-state index contributed by atoms with van der Waals surface area (Å²) in [5, 5.41) is 11.8. The second kappa shape index (κ2) is 5.06. The van der Waals surface area contributed by atoms with Crippen molar-refractivity contribution in [3.63, 3.8) is 0 Å². The van der Waals surface area contributed by atoms with Crippen molar-refractivity contribution in [3.05, 3.63) is 39.7 Å². The first-order valence-electron chi connectivity index (χ1n) is 6.69. The van der Waals surface area contributed by atoms with E-state index < -0.39 is 16.3 Å². The number of fused-ring (bicyclic) bond motifs is 1. The van der Waals surface area contributed by atoms with Crippen LogP contribution in [0, 0.1) is 21.8 Å². The van der Waals surface area contributed by atoms with Crippen molar-refractivity contribution < 1.29 is 14.1 Å². The predicted molar refractivity (Wildman–Crippen MR) is 79.2 cm³/mol. The topological polar surface area (TPSA) is 64.7 Å². The number of thioether (sulfide) groups is 1. The lowest BCUT2D eigenvalue weighted by atomic mass is 9.79. The molecule has 1 aromatic carbocycles. The Morgan fingerprint density at radius 2 is 2.33 bits per heavy atom. The maximum atomic E-state index is 14.4.